The number of hydrogen-bond acceptors (Lipinski definition) is 4. The van der Waals surface area contributed by atoms with Crippen molar-refractivity contribution in [2.75, 3.05) is 7.11 Å². The van der Waals surface area contributed by atoms with E-state index in [0.717, 1.165) is 25.0 Å². The second-order valence-corrected chi connectivity index (χ2v) is 8.59. The Kier molecular flexibility index (Phi) is 6.67. The number of hydrogen-bond donors (Lipinski definition) is 1. The van der Waals surface area contributed by atoms with Gasteiger partial charge in [-0.05, 0) is 63.6 Å². The molecule has 1 aromatic carbocycles. The van der Waals surface area contributed by atoms with E-state index in [1.807, 2.05) is 0 Å². The summed E-state index contributed by atoms with van der Waals surface area (Å²) >= 11 is 0. The van der Waals surface area contributed by atoms with Crippen LogP contribution in [0.1, 0.15) is 55.1 Å². The molecule has 1 aliphatic carbocycles. The Balaban J connectivity index is 1.83. The van der Waals surface area contributed by atoms with Gasteiger partial charge in [-0.25, -0.2) is 9.48 Å². The number of aromatic nitrogens is 2. The van der Waals surface area contributed by atoms with E-state index in [0.29, 0.717) is 35.7 Å². The summed E-state index contributed by atoms with van der Waals surface area (Å²) < 4.78 is 45.7. The lowest BCUT2D eigenvalue weighted by Crippen LogP contribution is -2.57. The van der Waals surface area contributed by atoms with Crippen LogP contribution in [-0.2, 0) is 26.9 Å². The third-order valence-electron chi connectivity index (χ3n) is 6.28. The molecular weight excluding hydrogens is 423 g/mol. The molecule has 6 nitrogen and oxygen atoms in total. The van der Waals surface area contributed by atoms with Crippen LogP contribution >= 0.6 is 0 Å². The Morgan fingerprint density at radius 2 is 1.91 bits per heavy atom. The number of amides is 1. The van der Waals surface area contributed by atoms with Crippen molar-refractivity contribution in [3.8, 4) is 5.69 Å². The Labute approximate surface area is 185 Å². The number of rotatable bonds is 5. The number of aryl methyl sites for hydroxylation is 1. The molecule has 1 amide bonds. The second-order valence-electron chi connectivity index (χ2n) is 8.59. The topological polar surface area (TPSA) is 73.2 Å². The standard InChI is InChI=1S/C23H28F3N3O3/c1-14-8-10-22(11-9-14,21(31)32-4)27-20(30)13-19-15(2)28-29(16(19)3)18-7-5-6-17(12-18)23(24,25)26/h5-7,12,14H,8-11,13H2,1-4H3,(H,27,30). The van der Waals surface area contributed by atoms with Crippen molar-refractivity contribution in [1.82, 2.24) is 15.1 Å². The number of alkyl halides is 3. The third-order valence-corrected chi connectivity index (χ3v) is 6.28. The van der Waals surface area contributed by atoms with Crippen LogP contribution < -0.4 is 5.32 Å². The van der Waals surface area contributed by atoms with E-state index in [4.69, 9.17) is 4.74 Å². The third kappa shape index (κ3) is 4.81. The number of halogens is 3. The van der Waals surface area contributed by atoms with Crippen molar-refractivity contribution in [1.29, 1.82) is 0 Å². The predicted octanol–water partition coefficient (Wildman–Crippen LogP) is 4.29. The van der Waals surface area contributed by atoms with Gasteiger partial charge < -0.3 is 10.1 Å². The molecule has 1 fully saturated rings. The normalized spacial score (nSPS) is 21.3. The van der Waals surface area contributed by atoms with Crippen LogP contribution in [0.3, 0.4) is 0 Å². The van der Waals surface area contributed by atoms with E-state index in [9.17, 15) is 22.8 Å². The van der Waals surface area contributed by atoms with Gasteiger partial charge in [-0.3, -0.25) is 4.79 Å². The molecule has 0 bridgehead atoms. The minimum Gasteiger partial charge on any atom is -0.467 e. The molecule has 0 spiro atoms. The van der Waals surface area contributed by atoms with Crippen LogP contribution in [-0.4, -0.2) is 34.3 Å². The van der Waals surface area contributed by atoms with E-state index in [2.05, 4.69) is 17.3 Å². The number of methoxy groups -OCH3 is 1. The van der Waals surface area contributed by atoms with Crippen molar-refractivity contribution in [3.63, 3.8) is 0 Å². The lowest BCUT2D eigenvalue weighted by molar-refractivity contribution is -0.153. The van der Waals surface area contributed by atoms with Crippen LogP contribution in [0.4, 0.5) is 13.2 Å². The van der Waals surface area contributed by atoms with Crippen LogP contribution in [0.2, 0.25) is 0 Å². The first-order chi connectivity index (χ1) is 15.0. The number of esters is 1. The van der Waals surface area contributed by atoms with Gasteiger partial charge in [-0.15, -0.1) is 0 Å². The molecule has 1 saturated carbocycles. The van der Waals surface area contributed by atoms with Crippen LogP contribution in [0.25, 0.3) is 5.69 Å². The summed E-state index contributed by atoms with van der Waals surface area (Å²) in [5.74, 6) is -0.328. The van der Waals surface area contributed by atoms with Gasteiger partial charge in [0, 0.05) is 11.3 Å². The fourth-order valence-electron chi connectivity index (χ4n) is 4.30. The number of ether oxygens (including phenoxy) is 1. The van der Waals surface area contributed by atoms with E-state index >= 15 is 0 Å². The maximum absolute atomic E-state index is 13.1. The fraction of sp³-hybridized carbons (Fsp3) is 0.522. The lowest BCUT2D eigenvalue weighted by Gasteiger charge is -2.37. The molecular formula is C23H28F3N3O3. The molecule has 2 aromatic rings. The number of carbonyl (C=O) groups is 2. The molecule has 3 rings (SSSR count). The highest BCUT2D eigenvalue weighted by molar-refractivity contribution is 5.89. The van der Waals surface area contributed by atoms with Gasteiger partial charge in [-0.1, -0.05) is 13.0 Å². The number of benzene rings is 1. The largest absolute Gasteiger partial charge is 0.467 e. The maximum atomic E-state index is 13.1. The molecule has 1 aromatic heterocycles. The zero-order valence-corrected chi connectivity index (χ0v) is 18.7. The van der Waals surface area contributed by atoms with Gasteiger partial charge in [-0.2, -0.15) is 18.3 Å². The van der Waals surface area contributed by atoms with Crippen molar-refractivity contribution in [2.45, 2.75) is 64.6 Å². The minimum absolute atomic E-state index is 0.0368. The molecule has 1 heterocycles. The molecule has 0 saturated heterocycles. The summed E-state index contributed by atoms with van der Waals surface area (Å²) in [7, 11) is 1.31. The van der Waals surface area contributed by atoms with Gasteiger partial charge in [0.25, 0.3) is 0 Å². The van der Waals surface area contributed by atoms with E-state index in [1.165, 1.54) is 23.9 Å². The zero-order valence-electron chi connectivity index (χ0n) is 18.7. The molecule has 1 aliphatic rings. The van der Waals surface area contributed by atoms with Crippen LogP contribution in [0, 0.1) is 19.8 Å². The Hall–Kier alpha value is -2.84. The van der Waals surface area contributed by atoms with E-state index < -0.39 is 23.2 Å². The smallest absolute Gasteiger partial charge is 0.416 e. The summed E-state index contributed by atoms with van der Waals surface area (Å²) in [6.45, 7) is 5.53. The quantitative estimate of drug-likeness (QED) is 0.689. The van der Waals surface area contributed by atoms with Gasteiger partial charge in [0.1, 0.15) is 5.54 Å². The van der Waals surface area contributed by atoms with E-state index in [-0.39, 0.29) is 18.0 Å². The van der Waals surface area contributed by atoms with Gasteiger partial charge in [0.2, 0.25) is 5.91 Å². The lowest BCUT2D eigenvalue weighted by atomic mass is 9.77. The Morgan fingerprint density at radius 1 is 1.25 bits per heavy atom. The number of carbonyl (C=O) groups excluding carboxylic acids is 2. The van der Waals surface area contributed by atoms with Gasteiger partial charge in [0.05, 0.1) is 30.5 Å². The predicted molar refractivity (Wildman–Crippen MR) is 112 cm³/mol. The van der Waals surface area contributed by atoms with Crippen molar-refractivity contribution >= 4 is 11.9 Å². The molecule has 9 heteroatoms. The Bertz CT molecular complexity index is 1010. The molecule has 0 aliphatic heterocycles. The molecule has 1 N–H and O–H groups in total. The summed E-state index contributed by atoms with van der Waals surface area (Å²) in [6.07, 6.45) is -1.87. The first-order valence-electron chi connectivity index (χ1n) is 10.6. The SMILES string of the molecule is COC(=O)C1(NC(=O)Cc2c(C)nn(-c3cccc(C(F)(F)F)c3)c2C)CCC(C)CC1. The highest BCUT2D eigenvalue weighted by atomic mass is 19.4. The average Bonchev–Trinajstić information content (AvgIpc) is 3.02. The van der Waals surface area contributed by atoms with Crippen LogP contribution in [0.15, 0.2) is 24.3 Å². The monoisotopic (exact) mass is 451 g/mol. The first-order valence-corrected chi connectivity index (χ1v) is 10.6. The number of nitrogens with one attached hydrogen (secondary N) is 1. The van der Waals surface area contributed by atoms with Gasteiger partial charge >= 0.3 is 12.1 Å². The number of nitrogens with zero attached hydrogens (tertiary/aromatic N) is 2. The van der Waals surface area contributed by atoms with Crippen molar-refractivity contribution in [3.05, 3.63) is 46.8 Å². The van der Waals surface area contributed by atoms with E-state index in [1.54, 1.807) is 13.8 Å². The first kappa shape index (κ1) is 23.8. The molecule has 0 radical (unpaired) electrons. The summed E-state index contributed by atoms with van der Waals surface area (Å²) in [5, 5.41) is 7.25. The second kappa shape index (κ2) is 8.96. The van der Waals surface area contributed by atoms with Crippen molar-refractivity contribution in [2.24, 2.45) is 5.92 Å². The minimum atomic E-state index is -4.46. The highest BCUT2D eigenvalue weighted by Gasteiger charge is 2.43. The molecule has 32 heavy (non-hydrogen) atoms. The zero-order chi connectivity index (χ0) is 23.7. The average molecular weight is 451 g/mol. The summed E-state index contributed by atoms with van der Waals surface area (Å²) in [5.41, 5.74) is 0.176. The maximum Gasteiger partial charge on any atom is 0.416 e. The molecule has 0 unspecified atom stereocenters. The fourth-order valence-corrected chi connectivity index (χ4v) is 4.30. The van der Waals surface area contributed by atoms with Crippen LogP contribution in [0.5, 0.6) is 0 Å². The van der Waals surface area contributed by atoms with Gasteiger partial charge in [0.15, 0.2) is 0 Å². The highest BCUT2D eigenvalue weighted by Crippen LogP contribution is 2.33. The molecule has 0 atom stereocenters. The molecule has 174 valence electrons. The summed E-state index contributed by atoms with van der Waals surface area (Å²) in [6, 6.07) is 4.89. The Morgan fingerprint density at radius 3 is 2.50 bits per heavy atom. The van der Waals surface area contributed by atoms with Crippen molar-refractivity contribution < 1.29 is 27.5 Å². The summed E-state index contributed by atoms with van der Waals surface area (Å²) in [4.78, 5) is 25.4.